The Morgan fingerprint density at radius 3 is 2.47 bits per heavy atom. The average Bonchev–Trinajstić information content (AvgIpc) is 2.59. The van der Waals surface area contributed by atoms with Crippen LogP contribution in [-0.2, 0) is 9.63 Å². The van der Waals surface area contributed by atoms with Crippen molar-refractivity contribution < 1.29 is 9.63 Å². The maximum Gasteiger partial charge on any atom is 0.367 e. The number of carbonyl (C=O) groups excluding carboxylic acids is 1. The number of oxime groups is 1. The lowest BCUT2D eigenvalue weighted by Crippen LogP contribution is -2.04. The first kappa shape index (κ1) is 9.65. The van der Waals surface area contributed by atoms with E-state index in [1.165, 1.54) is 0 Å². The van der Waals surface area contributed by atoms with E-state index in [1.54, 1.807) is 6.92 Å². The molecule has 1 heterocycles. The Labute approximate surface area is 88.1 Å². The summed E-state index contributed by atoms with van der Waals surface area (Å²) in [6.45, 7) is 3.67. The van der Waals surface area contributed by atoms with E-state index in [0.29, 0.717) is 11.3 Å². The molecule has 3 heteroatoms. The molecule has 0 radical (unpaired) electrons. The zero-order valence-corrected chi connectivity index (χ0v) is 8.65. The molecule has 0 atom stereocenters. The second-order valence-corrected chi connectivity index (χ2v) is 3.42. The van der Waals surface area contributed by atoms with Gasteiger partial charge in [0.15, 0.2) is 0 Å². The Morgan fingerprint density at radius 2 is 1.93 bits per heavy atom. The fraction of sp³-hybridized carbons (Fsp3) is 0.167. The molecule has 0 spiro atoms. The van der Waals surface area contributed by atoms with E-state index in [9.17, 15) is 4.79 Å². The van der Waals surface area contributed by atoms with Crippen molar-refractivity contribution in [1.29, 1.82) is 0 Å². The van der Waals surface area contributed by atoms with Gasteiger partial charge in [-0.1, -0.05) is 35.5 Å². The number of hydrogen-bond acceptors (Lipinski definition) is 3. The van der Waals surface area contributed by atoms with Crippen LogP contribution in [0.5, 0.6) is 0 Å². The summed E-state index contributed by atoms with van der Waals surface area (Å²) in [6, 6.07) is 9.73. The van der Waals surface area contributed by atoms with Gasteiger partial charge in [-0.3, -0.25) is 0 Å². The van der Waals surface area contributed by atoms with Crippen molar-refractivity contribution in [3.8, 4) is 0 Å². The van der Waals surface area contributed by atoms with Gasteiger partial charge in [0.25, 0.3) is 0 Å². The van der Waals surface area contributed by atoms with Crippen molar-refractivity contribution in [3.05, 3.63) is 41.5 Å². The van der Waals surface area contributed by atoms with Crippen molar-refractivity contribution in [2.24, 2.45) is 5.16 Å². The average molecular weight is 201 g/mol. The lowest BCUT2D eigenvalue weighted by atomic mass is 9.99. The van der Waals surface area contributed by atoms with E-state index < -0.39 is 0 Å². The van der Waals surface area contributed by atoms with E-state index in [4.69, 9.17) is 0 Å². The lowest BCUT2D eigenvalue weighted by molar-refractivity contribution is -0.136. The van der Waals surface area contributed by atoms with Gasteiger partial charge in [-0.2, -0.15) is 0 Å². The molecule has 1 aliphatic heterocycles. The third-order valence-electron chi connectivity index (χ3n) is 2.41. The molecule has 0 N–H and O–H groups in total. The fourth-order valence-electron chi connectivity index (χ4n) is 1.61. The van der Waals surface area contributed by atoms with Crippen LogP contribution in [0.4, 0.5) is 0 Å². The Morgan fingerprint density at radius 1 is 1.27 bits per heavy atom. The second-order valence-electron chi connectivity index (χ2n) is 3.42. The van der Waals surface area contributed by atoms with Crippen LogP contribution in [0.15, 0.2) is 41.1 Å². The van der Waals surface area contributed by atoms with Gasteiger partial charge in [0, 0.05) is 0 Å². The molecule has 0 saturated heterocycles. The highest BCUT2D eigenvalue weighted by molar-refractivity contribution is 6.25. The van der Waals surface area contributed by atoms with Crippen LogP contribution in [0.25, 0.3) is 5.57 Å². The number of allylic oxidation sites excluding steroid dienone is 1. The Hall–Kier alpha value is -1.90. The Kier molecular flexibility index (Phi) is 2.37. The number of benzene rings is 1. The first-order valence-corrected chi connectivity index (χ1v) is 4.73. The highest BCUT2D eigenvalue weighted by Gasteiger charge is 2.24. The maximum atomic E-state index is 11.4. The van der Waals surface area contributed by atoms with Gasteiger partial charge in [-0.15, -0.1) is 0 Å². The minimum atomic E-state index is -0.367. The summed E-state index contributed by atoms with van der Waals surface area (Å²) in [5.41, 5.74) is 3.13. The van der Waals surface area contributed by atoms with Crippen molar-refractivity contribution in [2.75, 3.05) is 0 Å². The Bertz CT molecular complexity index is 458. The van der Waals surface area contributed by atoms with E-state index >= 15 is 0 Å². The zero-order valence-electron chi connectivity index (χ0n) is 8.65. The molecule has 2 rings (SSSR count). The van der Waals surface area contributed by atoms with Gasteiger partial charge in [0.05, 0.1) is 11.3 Å². The van der Waals surface area contributed by atoms with E-state index in [0.717, 1.165) is 11.1 Å². The summed E-state index contributed by atoms with van der Waals surface area (Å²) >= 11 is 0. The van der Waals surface area contributed by atoms with Crippen molar-refractivity contribution in [2.45, 2.75) is 13.8 Å². The van der Waals surface area contributed by atoms with Crippen molar-refractivity contribution in [1.82, 2.24) is 0 Å². The molecule has 0 unspecified atom stereocenters. The number of nitrogens with zero attached hydrogens (tertiary/aromatic N) is 1. The summed E-state index contributed by atoms with van der Waals surface area (Å²) in [6.07, 6.45) is 0. The van der Waals surface area contributed by atoms with Crippen LogP contribution in [0, 0.1) is 0 Å². The van der Waals surface area contributed by atoms with Gasteiger partial charge in [-0.05, 0) is 25.0 Å². The molecule has 0 amide bonds. The standard InChI is InChI=1S/C12H11NO2/c1-8(10-6-4-3-5-7-10)11-9(2)13-15-12(11)14/h3-7H,1-2H3/b11-8+. The number of carbonyl (C=O) groups is 1. The maximum absolute atomic E-state index is 11.4. The first-order valence-electron chi connectivity index (χ1n) is 4.73. The molecule has 3 nitrogen and oxygen atoms in total. The molecule has 0 saturated carbocycles. The highest BCUT2D eigenvalue weighted by atomic mass is 16.7. The predicted molar refractivity (Wildman–Crippen MR) is 58.2 cm³/mol. The zero-order chi connectivity index (χ0) is 10.8. The molecule has 1 aliphatic rings. The topological polar surface area (TPSA) is 38.7 Å². The molecule has 1 aromatic carbocycles. The van der Waals surface area contributed by atoms with E-state index in [2.05, 4.69) is 9.99 Å². The third-order valence-corrected chi connectivity index (χ3v) is 2.41. The smallest absolute Gasteiger partial charge is 0.312 e. The van der Waals surface area contributed by atoms with Crippen LogP contribution < -0.4 is 0 Å². The molecular formula is C12H11NO2. The van der Waals surface area contributed by atoms with Crippen LogP contribution in [0.3, 0.4) is 0 Å². The minimum absolute atomic E-state index is 0.367. The lowest BCUT2D eigenvalue weighted by Gasteiger charge is -2.03. The number of rotatable bonds is 1. The molecule has 0 fully saturated rings. The summed E-state index contributed by atoms with van der Waals surface area (Å²) in [7, 11) is 0. The van der Waals surface area contributed by atoms with Gasteiger partial charge in [0.1, 0.15) is 0 Å². The van der Waals surface area contributed by atoms with Crippen LogP contribution in [0.1, 0.15) is 19.4 Å². The molecular weight excluding hydrogens is 190 g/mol. The van der Waals surface area contributed by atoms with Crippen molar-refractivity contribution in [3.63, 3.8) is 0 Å². The molecule has 76 valence electrons. The molecule has 0 aliphatic carbocycles. The van der Waals surface area contributed by atoms with Gasteiger partial charge in [0.2, 0.25) is 0 Å². The second kappa shape index (κ2) is 3.69. The van der Waals surface area contributed by atoms with Gasteiger partial charge < -0.3 is 4.84 Å². The normalized spacial score (nSPS) is 18.5. The highest BCUT2D eigenvalue weighted by Crippen LogP contribution is 2.23. The van der Waals surface area contributed by atoms with Gasteiger partial charge in [-0.25, -0.2) is 4.79 Å². The summed E-state index contributed by atoms with van der Waals surface area (Å²) in [5, 5.41) is 3.65. The third kappa shape index (κ3) is 1.68. The SMILES string of the molecule is CC1=NOC(=O)/C1=C(\C)c1ccccc1. The molecule has 1 aromatic rings. The molecule has 15 heavy (non-hydrogen) atoms. The van der Waals surface area contributed by atoms with E-state index in [1.807, 2.05) is 37.3 Å². The Balaban J connectivity index is 2.50. The van der Waals surface area contributed by atoms with Crippen LogP contribution in [-0.4, -0.2) is 11.7 Å². The quantitative estimate of drug-likeness (QED) is 0.517. The van der Waals surface area contributed by atoms with Crippen LogP contribution >= 0.6 is 0 Å². The molecule has 0 aromatic heterocycles. The van der Waals surface area contributed by atoms with Gasteiger partial charge >= 0.3 is 5.97 Å². The summed E-state index contributed by atoms with van der Waals surface area (Å²) in [5.74, 6) is -0.367. The minimum Gasteiger partial charge on any atom is -0.312 e. The fourth-order valence-corrected chi connectivity index (χ4v) is 1.61. The molecule has 0 bridgehead atoms. The number of hydrogen-bond donors (Lipinski definition) is 0. The van der Waals surface area contributed by atoms with E-state index in [-0.39, 0.29) is 5.97 Å². The monoisotopic (exact) mass is 201 g/mol. The van der Waals surface area contributed by atoms with Crippen LogP contribution in [0.2, 0.25) is 0 Å². The van der Waals surface area contributed by atoms with Crippen molar-refractivity contribution >= 4 is 17.3 Å². The predicted octanol–water partition coefficient (Wildman–Crippen LogP) is 2.39. The summed E-state index contributed by atoms with van der Waals surface area (Å²) < 4.78 is 0. The largest absolute Gasteiger partial charge is 0.367 e. The first-order chi connectivity index (χ1) is 7.20. The summed E-state index contributed by atoms with van der Waals surface area (Å²) in [4.78, 5) is 16.0.